The zero-order valence-corrected chi connectivity index (χ0v) is 14.1. The molecule has 2 aromatic rings. The van der Waals surface area contributed by atoms with E-state index in [4.69, 9.17) is 28.3 Å². The Bertz CT molecular complexity index is 800. The van der Waals surface area contributed by atoms with E-state index in [0.29, 0.717) is 6.42 Å². The number of carboxylic acids is 1. The van der Waals surface area contributed by atoms with Gasteiger partial charge >= 0.3 is 5.97 Å². The molecule has 0 saturated heterocycles. The van der Waals surface area contributed by atoms with Crippen LogP contribution in [0.2, 0.25) is 10.0 Å². The van der Waals surface area contributed by atoms with Crippen LogP contribution in [0.5, 0.6) is 0 Å². The number of sulfonamides is 1. The highest BCUT2D eigenvalue weighted by Crippen LogP contribution is 2.22. The Hall–Kier alpha value is -1.60. The summed E-state index contributed by atoms with van der Waals surface area (Å²) < 4.78 is 26.8. The maximum absolute atomic E-state index is 12.2. The van der Waals surface area contributed by atoms with Crippen molar-refractivity contribution in [3.05, 3.63) is 63.6 Å². The van der Waals surface area contributed by atoms with Gasteiger partial charge in [-0.05, 0) is 42.3 Å². The van der Waals surface area contributed by atoms with Crippen molar-refractivity contribution in [3.63, 3.8) is 0 Å². The van der Waals surface area contributed by atoms with E-state index >= 15 is 0 Å². The Morgan fingerprint density at radius 3 is 2.13 bits per heavy atom. The lowest BCUT2D eigenvalue weighted by Gasteiger charge is -2.08. The van der Waals surface area contributed by atoms with E-state index in [1.807, 2.05) is 0 Å². The molecule has 122 valence electrons. The number of benzene rings is 2. The maximum Gasteiger partial charge on any atom is 0.335 e. The molecule has 0 aliphatic rings. The van der Waals surface area contributed by atoms with Crippen molar-refractivity contribution >= 4 is 39.2 Å². The molecule has 0 atom stereocenters. The third kappa shape index (κ3) is 4.94. The third-order valence-corrected chi connectivity index (χ3v) is 4.93. The van der Waals surface area contributed by atoms with Crippen LogP contribution in [0.25, 0.3) is 0 Å². The number of carboxylic acid groups (broad SMARTS) is 1. The fourth-order valence-electron chi connectivity index (χ4n) is 1.91. The summed E-state index contributed by atoms with van der Waals surface area (Å²) in [7, 11) is -3.71. The molecule has 8 heteroatoms. The van der Waals surface area contributed by atoms with Crippen LogP contribution in [0.1, 0.15) is 15.9 Å². The summed E-state index contributed by atoms with van der Waals surface area (Å²) in [5.74, 6) is -1.00. The molecule has 0 spiro atoms. The van der Waals surface area contributed by atoms with Gasteiger partial charge in [0.1, 0.15) is 0 Å². The molecule has 2 aromatic carbocycles. The number of nitrogens with one attached hydrogen (secondary N) is 1. The highest BCUT2D eigenvalue weighted by molar-refractivity contribution is 7.89. The molecule has 0 unspecified atom stereocenters. The molecule has 0 saturated carbocycles. The van der Waals surface area contributed by atoms with Crippen LogP contribution < -0.4 is 4.72 Å². The predicted molar refractivity (Wildman–Crippen MR) is 88.8 cm³/mol. The molecular weight excluding hydrogens is 361 g/mol. The highest BCUT2D eigenvalue weighted by Gasteiger charge is 2.15. The monoisotopic (exact) mass is 373 g/mol. The van der Waals surface area contributed by atoms with Gasteiger partial charge in [0, 0.05) is 16.6 Å². The van der Waals surface area contributed by atoms with Crippen LogP contribution in [-0.4, -0.2) is 26.0 Å². The average Bonchev–Trinajstić information content (AvgIpc) is 2.46. The van der Waals surface area contributed by atoms with Crippen molar-refractivity contribution in [3.8, 4) is 0 Å². The van der Waals surface area contributed by atoms with Gasteiger partial charge < -0.3 is 5.11 Å². The highest BCUT2D eigenvalue weighted by atomic mass is 35.5. The van der Waals surface area contributed by atoms with Gasteiger partial charge in [0.05, 0.1) is 10.5 Å². The quantitative estimate of drug-likeness (QED) is 0.813. The standard InChI is InChI=1S/C15H13Cl2NO4S/c16-12-7-13(17)9-14(8-12)23(21,22)18-6-5-10-1-3-11(4-2-10)15(19)20/h1-4,7-9,18H,5-6H2,(H,19,20). The molecule has 0 bridgehead atoms. The van der Waals surface area contributed by atoms with E-state index < -0.39 is 16.0 Å². The van der Waals surface area contributed by atoms with Gasteiger partial charge in [-0.3, -0.25) is 0 Å². The Kier molecular flexibility index (Phi) is 5.64. The number of hydrogen-bond acceptors (Lipinski definition) is 3. The first-order valence-corrected chi connectivity index (χ1v) is 8.80. The molecule has 0 aliphatic carbocycles. The molecule has 2 rings (SSSR count). The van der Waals surface area contributed by atoms with Crippen molar-refractivity contribution < 1.29 is 18.3 Å². The second-order valence-corrected chi connectivity index (χ2v) is 7.39. The van der Waals surface area contributed by atoms with Crippen molar-refractivity contribution in [2.75, 3.05) is 6.54 Å². The fraction of sp³-hybridized carbons (Fsp3) is 0.133. The third-order valence-electron chi connectivity index (χ3n) is 3.05. The second-order valence-electron chi connectivity index (χ2n) is 4.76. The minimum Gasteiger partial charge on any atom is -0.478 e. The molecule has 0 amide bonds. The van der Waals surface area contributed by atoms with E-state index in [1.54, 1.807) is 12.1 Å². The molecule has 0 aliphatic heterocycles. The zero-order chi connectivity index (χ0) is 17.0. The van der Waals surface area contributed by atoms with Crippen LogP contribution in [0.4, 0.5) is 0 Å². The van der Waals surface area contributed by atoms with E-state index in [1.165, 1.54) is 30.3 Å². The largest absolute Gasteiger partial charge is 0.478 e. The average molecular weight is 374 g/mol. The topological polar surface area (TPSA) is 83.5 Å². The lowest BCUT2D eigenvalue weighted by molar-refractivity contribution is 0.0697. The summed E-state index contributed by atoms with van der Waals surface area (Å²) in [6.45, 7) is 0.166. The van der Waals surface area contributed by atoms with Crippen LogP contribution >= 0.6 is 23.2 Å². The summed E-state index contributed by atoms with van der Waals surface area (Å²) in [5, 5.41) is 9.29. The van der Waals surface area contributed by atoms with Gasteiger partial charge in [0.15, 0.2) is 0 Å². The van der Waals surface area contributed by atoms with Crippen LogP contribution in [0, 0.1) is 0 Å². The molecule has 0 heterocycles. The van der Waals surface area contributed by atoms with E-state index in [0.717, 1.165) is 5.56 Å². The molecular formula is C15H13Cl2NO4S. The number of halogens is 2. The first kappa shape index (κ1) is 17.7. The Morgan fingerprint density at radius 2 is 1.61 bits per heavy atom. The van der Waals surface area contributed by atoms with Crippen molar-refractivity contribution in [2.24, 2.45) is 0 Å². The molecule has 5 nitrogen and oxygen atoms in total. The summed E-state index contributed by atoms with van der Waals surface area (Å²) in [4.78, 5) is 10.8. The lowest BCUT2D eigenvalue weighted by Crippen LogP contribution is -2.26. The number of hydrogen-bond donors (Lipinski definition) is 2. The van der Waals surface area contributed by atoms with Gasteiger partial charge in [-0.1, -0.05) is 35.3 Å². The first-order chi connectivity index (χ1) is 10.8. The Balaban J connectivity index is 2.00. The summed E-state index contributed by atoms with van der Waals surface area (Å²) in [6.07, 6.45) is 0.424. The normalized spacial score (nSPS) is 11.4. The van der Waals surface area contributed by atoms with Gasteiger partial charge in [-0.25, -0.2) is 17.9 Å². The molecule has 0 aromatic heterocycles. The number of carbonyl (C=O) groups is 1. The van der Waals surface area contributed by atoms with Crippen molar-refractivity contribution in [1.29, 1.82) is 0 Å². The molecule has 23 heavy (non-hydrogen) atoms. The van der Waals surface area contributed by atoms with Gasteiger partial charge in [-0.2, -0.15) is 0 Å². The summed E-state index contributed by atoms with van der Waals surface area (Å²) >= 11 is 11.6. The fourth-order valence-corrected chi connectivity index (χ4v) is 3.67. The van der Waals surface area contributed by atoms with Gasteiger partial charge in [-0.15, -0.1) is 0 Å². The van der Waals surface area contributed by atoms with Gasteiger partial charge in [0.25, 0.3) is 0 Å². The molecule has 2 N–H and O–H groups in total. The van der Waals surface area contributed by atoms with Crippen molar-refractivity contribution in [2.45, 2.75) is 11.3 Å². The first-order valence-electron chi connectivity index (χ1n) is 6.56. The molecule has 0 fully saturated rings. The predicted octanol–water partition coefficient (Wildman–Crippen LogP) is 3.21. The van der Waals surface area contributed by atoms with E-state index in [9.17, 15) is 13.2 Å². The lowest BCUT2D eigenvalue weighted by atomic mass is 10.1. The SMILES string of the molecule is O=C(O)c1ccc(CCNS(=O)(=O)c2cc(Cl)cc(Cl)c2)cc1. The second kappa shape index (κ2) is 7.31. The minimum absolute atomic E-state index is 0.00350. The maximum atomic E-state index is 12.2. The van der Waals surface area contributed by atoms with E-state index in [2.05, 4.69) is 4.72 Å². The van der Waals surface area contributed by atoms with Crippen LogP contribution in [-0.2, 0) is 16.4 Å². The van der Waals surface area contributed by atoms with Gasteiger partial charge in [0.2, 0.25) is 10.0 Å². The van der Waals surface area contributed by atoms with E-state index in [-0.39, 0.29) is 27.0 Å². The Morgan fingerprint density at radius 1 is 1.04 bits per heavy atom. The minimum atomic E-state index is -3.71. The number of rotatable bonds is 6. The van der Waals surface area contributed by atoms with Crippen LogP contribution in [0.3, 0.4) is 0 Å². The number of aromatic carboxylic acids is 1. The Labute approximate surface area is 143 Å². The smallest absolute Gasteiger partial charge is 0.335 e. The van der Waals surface area contributed by atoms with Crippen LogP contribution in [0.15, 0.2) is 47.4 Å². The summed E-state index contributed by atoms with van der Waals surface area (Å²) in [5.41, 5.74) is 1.00. The summed E-state index contributed by atoms with van der Waals surface area (Å²) in [6, 6.07) is 10.3. The van der Waals surface area contributed by atoms with Crippen molar-refractivity contribution in [1.82, 2.24) is 4.72 Å². The molecule has 0 radical (unpaired) electrons. The zero-order valence-electron chi connectivity index (χ0n) is 11.8.